The first-order chi connectivity index (χ1) is 12.9. The highest BCUT2D eigenvalue weighted by Crippen LogP contribution is 2.21. The minimum Gasteiger partial charge on any atom is -0.484 e. The topological polar surface area (TPSA) is 66.9 Å². The molecule has 8 heteroatoms. The summed E-state index contributed by atoms with van der Waals surface area (Å²) in [4.78, 5) is 13.6. The molecule has 1 heterocycles. The van der Waals surface area contributed by atoms with Gasteiger partial charge in [-0.05, 0) is 30.7 Å². The van der Waals surface area contributed by atoms with E-state index in [2.05, 4.69) is 0 Å². The second-order valence-corrected chi connectivity index (χ2v) is 8.18. The van der Waals surface area contributed by atoms with Crippen LogP contribution in [0, 0.1) is 12.7 Å². The molecule has 0 aromatic heterocycles. The monoisotopic (exact) mass is 392 g/mol. The van der Waals surface area contributed by atoms with Crippen molar-refractivity contribution in [2.75, 3.05) is 32.8 Å². The number of hydrogen-bond donors (Lipinski definition) is 0. The van der Waals surface area contributed by atoms with Crippen molar-refractivity contribution in [1.82, 2.24) is 9.21 Å². The lowest BCUT2D eigenvalue weighted by molar-refractivity contribution is -0.134. The van der Waals surface area contributed by atoms with E-state index in [9.17, 15) is 17.6 Å². The van der Waals surface area contributed by atoms with Gasteiger partial charge in [0.15, 0.2) is 6.61 Å². The molecule has 6 nitrogen and oxygen atoms in total. The molecule has 1 fully saturated rings. The van der Waals surface area contributed by atoms with Crippen LogP contribution in [0.15, 0.2) is 53.4 Å². The lowest BCUT2D eigenvalue weighted by Gasteiger charge is -2.34. The highest BCUT2D eigenvalue weighted by atomic mass is 32.2. The molecule has 0 aliphatic carbocycles. The third-order valence-electron chi connectivity index (χ3n) is 4.49. The molecule has 1 aliphatic heterocycles. The highest BCUT2D eigenvalue weighted by Gasteiger charge is 2.31. The molecule has 1 aliphatic rings. The van der Waals surface area contributed by atoms with Crippen LogP contribution in [0.2, 0.25) is 0 Å². The van der Waals surface area contributed by atoms with Crippen LogP contribution in [0.4, 0.5) is 4.39 Å². The van der Waals surface area contributed by atoms with Crippen molar-refractivity contribution in [3.05, 3.63) is 59.9 Å². The normalized spacial score (nSPS) is 15.6. The average Bonchev–Trinajstić information content (AvgIpc) is 2.67. The number of para-hydroxylation sites is 1. The summed E-state index contributed by atoms with van der Waals surface area (Å²) in [5.74, 6) is -0.338. The Morgan fingerprint density at radius 2 is 1.67 bits per heavy atom. The van der Waals surface area contributed by atoms with E-state index in [4.69, 9.17) is 4.74 Å². The van der Waals surface area contributed by atoms with Crippen molar-refractivity contribution < 1.29 is 22.3 Å². The summed E-state index contributed by atoms with van der Waals surface area (Å²) in [7, 11) is -3.91. The zero-order chi connectivity index (χ0) is 19.4. The summed E-state index contributed by atoms with van der Waals surface area (Å²) in [5, 5.41) is 0. The van der Waals surface area contributed by atoms with Gasteiger partial charge < -0.3 is 9.64 Å². The number of benzene rings is 2. The molecule has 0 saturated carbocycles. The van der Waals surface area contributed by atoms with E-state index in [1.807, 2.05) is 25.1 Å². The predicted octanol–water partition coefficient (Wildman–Crippen LogP) is 2.05. The van der Waals surface area contributed by atoms with Crippen LogP contribution in [-0.4, -0.2) is 56.3 Å². The van der Waals surface area contributed by atoms with E-state index in [-0.39, 0.29) is 43.6 Å². The number of amides is 1. The van der Waals surface area contributed by atoms with E-state index in [1.165, 1.54) is 22.5 Å². The van der Waals surface area contributed by atoms with Crippen LogP contribution in [0.5, 0.6) is 5.75 Å². The molecular formula is C19H21FN2O4S. The molecule has 0 unspecified atom stereocenters. The molecule has 3 rings (SSSR count). The Balaban J connectivity index is 1.58. The van der Waals surface area contributed by atoms with Crippen molar-refractivity contribution in [3.63, 3.8) is 0 Å². The molecule has 1 saturated heterocycles. The number of rotatable bonds is 5. The third-order valence-corrected chi connectivity index (χ3v) is 6.42. The van der Waals surface area contributed by atoms with E-state index in [0.717, 1.165) is 11.6 Å². The number of halogens is 1. The minimum atomic E-state index is -3.91. The molecule has 27 heavy (non-hydrogen) atoms. The number of carbonyl (C=O) groups is 1. The number of carbonyl (C=O) groups excluding carboxylic acids is 1. The molecule has 1 amide bonds. The summed E-state index contributed by atoms with van der Waals surface area (Å²) in [6.07, 6.45) is 0. The summed E-state index contributed by atoms with van der Waals surface area (Å²) in [5.41, 5.74) is 0.936. The predicted molar refractivity (Wildman–Crippen MR) is 98.4 cm³/mol. The zero-order valence-electron chi connectivity index (χ0n) is 15.0. The first-order valence-electron chi connectivity index (χ1n) is 8.60. The van der Waals surface area contributed by atoms with Crippen LogP contribution in [0.1, 0.15) is 5.56 Å². The van der Waals surface area contributed by atoms with Crippen molar-refractivity contribution >= 4 is 15.9 Å². The van der Waals surface area contributed by atoms with Crippen molar-refractivity contribution in [1.29, 1.82) is 0 Å². The van der Waals surface area contributed by atoms with Gasteiger partial charge in [0.05, 0.1) is 0 Å². The molecule has 2 aromatic rings. The maximum absolute atomic E-state index is 13.9. The number of sulfonamides is 1. The zero-order valence-corrected chi connectivity index (χ0v) is 15.8. The van der Waals surface area contributed by atoms with Gasteiger partial charge >= 0.3 is 0 Å². The molecule has 0 bridgehead atoms. The van der Waals surface area contributed by atoms with E-state index < -0.39 is 15.8 Å². The van der Waals surface area contributed by atoms with E-state index in [0.29, 0.717) is 5.75 Å². The van der Waals surface area contributed by atoms with Gasteiger partial charge in [0, 0.05) is 26.2 Å². The summed E-state index contributed by atoms with van der Waals surface area (Å²) < 4.78 is 45.8. The van der Waals surface area contributed by atoms with Gasteiger partial charge in [0.2, 0.25) is 10.0 Å². The van der Waals surface area contributed by atoms with Gasteiger partial charge in [0.1, 0.15) is 16.5 Å². The Morgan fingerprint density at radius 1 is 1.04 bits per heavy atom. The molecule has 144 valence electrons. The average molecular weight is 392 g/mol. The first-order valence-corrected chi connectivity index (χ1v) is 10.0. The fourth-order valence-electron chi connectivity index (χ4n) is 2.92. The first kappa shape index (κ1) is 19.3. The van der Waals surface area contributed by atoms with Crippen molar-refractivity contribution in [2.45, 2.75) is 11.8 Å². The largest absolute Gasteiger partial charge is 0.484 e. The Hall–Kier alpha value is -2.45. The molecule has 0 spiro atoms. The Labute approximate surface area is 158 Å². The summed E-state index contributed by atoms with van der Waals surface area (Å²) >= 11 is 0. The molecule has 0 N–H and O–H groups in total. The highest BCUT2D eigenvalue weighted by molar-refractivity contribution is 7.89. The van der Waals surface area contributed by atoms with Crippen molar-refractivity contribution in [3.8, 4) is 5.75 Å². The Bertz CT molecular complexity index is 925. The van der Waals surface area contributed by atoms with Crippen LogP contribution in [0.3, 0.4) is 0 Å². The fraction of sp³-hybridized carbons (Fsp3) is 0.316. The number of aryl methyl sites for hydroxylation is 1. The number of piperazine rings is 1. The quantitative estimate of drug-likeness (QED) is 0.781. The second-order valence-electron chi connectivity index (χ2n) is 6.27. The van der Waals surface area contributed by atoms with Crippen LogP contribution in [-0.2, 0) is 14.8 Å². The second kappa shape index (κ2) is 8.06. The lowest BCUT2D eigenvalue weighted by atomic mass is 10.2. The van der Waals surface area contributed by atoms with Crippen LogP contribution >= 0.6 is 0 Å². The van der Waals surface area contributed by atoms with Gasteiger partial charge in [-0.3, -0.25) is 4.79 Å². The maximum atomic E-state index is 13.9. The van der Waals surface area contributed by atoms with E-state index in [1.54, 1.807) is 11.0 Å². The Kier molecular flexibility index (Phi) is 5.76. The van der Waals surface area contributed by atoms with Gasteiger partial charge in [-0.1, -0.05) is 30.3 Å². The molecule has 0 radical (unpaired) electrons. The maximum Gasteiger partial charge on any atom is 0.260 e. The van der Waals surface area contributed by atoms with E-state index >= 15 is 0 Å². The third kappa shape index (κ3) is 4.28. The number of nitrogens with zero attached hydrogens (tertiary/aromatic N) is 2. The van der Waals surface area contributed by atoms with Crippen molar-refractivity contribution in [2.24, 2.45) is 0 Å². The lowest BCUT2D eigenvalue weighted by Crippen LogP contribution is -2.51. The summed E-state index contributed by atoms with van der Waals surface area (Å²) in [6.45, 7) is 2.50. The summed E-state index contributed by atoms with van der Waals surface area (Å²) in [6, 6.07) is 12.7. The fourth-order valence-corrected chi connectivity index (χ4v) is 4.41. The van der Waals surface area contributed by atoms with Gasteiger partial charge in [-0.25, -0.2) is 12.8 Å². The SMILES string of the molecule is Cc1ccccc1OCC(=O)N1CCN(S(=O)(=O)c2ccccc2F)CC1. The number of hydrogen-bond acceptors (Lipinski definition) is 4. The van der Waals surface area contributed by atoms with Crippen LogP contribution in [0.25, 0.3) is 0 Å². The van der Waals surface area contributed by atoms with Crippen LogP contribution < -0.4 is 4.74 Å². The van der Waals surface area contributed by atoms with Gasteiger partial charge in [0.25, 0.3) is 5.91 Å². The standard InChI is InChI=1S/C19H21FN2O4S/c1-15-6-2-4-8-17(15)26-14-19(23)21-10-12-22(13-11-21)27(24,25)18-9-5-3-7-16(18)20/h2-9H,10-14H2,1H3. The molecule has 2 aromatic carbocycles. The Morgan fingerprint density at radius 3 is 2.33 bits per heavy atom. The smallest absolute Gasteiger partial charge is 0.260 e. The minimum absolute atomic E-state index is 0.106. The van der Waals surface area contributed by atoms with Gasteiger partial charge in [-0.2, -0.15) is 4.31 Å². The molecule has 0 atom stereocenters. The van der Waals surface area contributed by atoms with Gasteiger partial charge in [-0.15, -0.1) is 0 Å². The number of ether oxygens (including phenoxy) is 1. The molecular weight excluding hydrogens is 371 g/mol.